The molecule has 0 spiro atoms. The highest BCUT2D eigenvalue weighted by molar-refractivity contribution is 6.31. The minimum absolute atomic E-state index is 0.107. The fourth-order valence-corrected chi connectivity index (χ4v) is 6.03. The van der Waals surface area contributed by atoms with Crippen molar-refractivity contribution in [2.45, 2.75) is 51.6 Å². The number of aromatic amines is 1. The number of aromatic nitrogens is 6. The third-order valence-electron chi connectivity index (χ3n) is 7.90. The molecule has 2 saturated heterocycles. The summed E-state index contributed by atoms with van der Waals surface area (Å²) in [5.74, 6) is 1.73. The number of nitrogens with zero attached hydrogens (tertiary/aromatic N) is 7. The number of likely N-dealkylation sites (tertiary alicyclic amines) is 1. The van der Waals surface area contributed by atoms with Crippen molar-refractivity contribution < 1.29 is 4.39 Å². The number of fused-ring (bicyclic) bond motifs is 1. The Bertz CT molecular complexity index is 1500. The summed E-state index contributed by atoms with van der Waals surface area (Å²) in [5, 5.41) is 0.107. The summed E-state index contributed by atoms with van der Waals surface area (Å²) in [4.78, 5) is 33.9. The van der Waals surface area contributed by atoms with Gasteiger partial charge in [-0.3, -0.25) is 9.55 Å². The van der Waals surface area contributed by atoms with Crippen LogP contribution < -0.4 is 10.6 Å². The molecule has 38 heavy (non-hydrogen) atoms. The Kier molecular flexibility index (Phi) is 6.92. The predicted octanol–water partition coefficient (Wildman–Crippen LogP) is 4.28. The first-order valence-corrected chi connectivity index (χ1v) is 13.8. The molecule has 1 N–H and O–H groups in total. The van der Waals surface area contributed by atoms with Crippen LogP contribution in [0.1, 0.15) is 44.3 Å². The average Bonchev–Trinajstić information content (AvgIpc) is 3.67. The van der Waals surface area contributed by atoms with E-state index in [1.807, 2.05) is 6.92 Å². The zero-order valence-electron chi connectivity index (χ0n) is 21.5. The SMILES string of the molecule is CCn1c(=O)[nH]c2ncnc(N3CCC(c4nc(-c5ccc(F)c(Cl)c5)cn4CCN4CCCC4)CC3)c21. The Hall–Kier alpha value is -3.24. The molecule has 3 aromatic heterocycles. The zero-order chi connectivity index (χ0) is 26.2. The fourth-order valence-electron chi connectivity index (χ4n) is 5.85. The summed E-state index contributed by atoms with van der Waals surface area (Å²) < 4.78 is 17.8. The number of H-pyrrole nitrogens is 1. The molecule has 0 radical (unpaired) electrons. The lowest BCUT2D eigenvalue weighted by Gasteiger charge is -2.33. The molecule has 0 aliphatic carbocycles. The molecular formula is C27H32ClFN8O. The van der Waals surface area contributed by atoms with E-state index in [1.54, 1.807) is 16.7 Å². The van der Waals surface area contributed by atoms with Crippen molar-refractivity contribution in [2.24, 2.45) is 0 Å². The van der Waals surface area contributed by atoms with Crippen LogP contribution in [0.25, 0.3) is 22.4 Å². The first kappa shape index (κ1) is 25.1. The summed E-state index contributed by atoms with van der Waals surface area (Å²) in [6.45, 7) is 8.28. The van der Waals surface area contributed by atoms with E-state index in [0.29, 0.717) is 12.2 Å². The third-order valence-corrected chi connectivity index (χ3v) is 8.19. The van der Waals surface area contributed by atoms with E-state index in [1.165, 1.54) is 25.2 Å². The van der Waals surface area contributed by atoms with Crippen LogP contribution >= 0.6 is 11.6 Å². The van der Waals surface area contributed by atoms with E-state index in [2.05, 4.69) is 35.5 Å². The van der Waals surface area contributed by atoms with E-state index in [0.717, 1.165) is 80.5 Å². The molecular weight excluding hydrogens is 507 g/mol. The number of nitrogens with one attached hydrogen (secondary N) is 1. The predicted molar refractivity (Wildman–Crippen MR) is 146 cm³/mol. The molecule has 1 aromatic carbocycles. The number of hydrogen-bond donors (Lipinski definition) is 1. The van der Waals surface area contributed by atoms with Gasteiger partial charge in [0.05, 0.1) is 10.7 Å². The van der Waals surface area contributed by atoms with Gasteiger partial charge in [0.25, 0.3) is 0 Å². The smallest absolute Gasteiger partial charge is 0.327 e. The lowest BCUT2D eigenvalue weighted by molar-refractivity contribution is 0.317. The Morgan fingerprint density at radius 1 is 1.11 bits per heavy atom. The molecule has 2 fully saturated rings. The van der Waals surface area contributed by atoms with Gasteiger partial charge in [-0.15, -0.1) is 0 Å². The highest BCUT2D eigenvalue weighted by Crippen LogP contribution is 2.33. The van der Waals surface area contributed by atoms with Crippen LogP contribution in [0.2, 0.25) is 5.02 Å². The van der Waals surface area contributed by atoms with Gasteiger partial charge in [0, 0.05) is 50.4 Å². The van der Waals surface area contributed by atoms with Crippen molar-refractivity contribution in [3.8, 4) is 11.3 Å². The lowest BCUT2D eigenvalue weighted by atomic mass is 9.95. The van der Waals surface area contributed by atoms with Gasteiger partial charge in [-0.25, -0.2) is 24.1 Å². The van der Waals surface area contributed by atoms with Crippen LogP contribution in [-0.2, 0) is 13.1 Å². The molecule has 0 bridgehead atoms. The van der Waals surface area contributed by atoms with Crippen LogP contribution in [-0.4, -0.2) is 66.7 Å². The van der Waals surface area contributed by atoms with Crippen molar-refractivity contribution in [1.82, 2.24) is 34.0 Å². The summed E-state index contributed by atoms with van der Waals surface area (Å²) in [7, 11) is 0. The number of imidazole rings is 2. The normalized spacial score (nSPS) is 17.2. The molecule has 0 unspecified atom stereocenters. The molecule has 2 aliphatic heterocycles. The van der Waals surface area contributed by atoms with Gasteiger partial charge in [-0.2, -0.15) is 0 Å². The van der Waals surface area contributed by atoms with E-state index < -0.39 is 5.82 Å². The zero-order valence-corrected chi connectivity index (χ0v) is 22.3. The van der Waals surface area contributed by atoms with Gasteiger partial charge < -0.3 is 14.4 Å². The molecule has 0 amide bonds. The van der Waals surface area contributed by atoms with Crippen molar-refractivity contribution in [1.29, 1.82) is 0 Å². The first-order chi connectivity index (χ1) is 18.5. The van der Waals surface area contributed by atoms with Crippen LogP contribution in [0.15, 0.2) is 35.5 Å². The van der Waals surface area contributed by atoms with E-state index >= 15 is 0 Å². The maximum absolute atomic E-state index is 13.8. The first-order valence-electron chi connectivity index (χ1n) is 13.4. The lowest BCUT2D eigenvalue weighted by Crippen LogP contribution is -2.35. The average molecular weight is 539 g/mol. The monoisotopic (exact) mass is 538 g/mol. The molecule has 0 atom stereocenters. The number of aryl methyl sites for hydroxylation is 1. The highest BCUT2D eigenvalue weighted by atomic mass is 35.5. The van der Waals surface area contributed by atoms with Gasteiger partial charge >= 0.3 is 5.69 Å². The van der Waals surface area contributed by atoms with E-state index in [-0.39, 0.29) is 16.6 Å². The molecule has 2 aliphatic rings. The van der Waals surface area contributed by atoms with Crippen molar-refractivity contribution >= 4 is 28.6 Å². The van der Waals surface area contributed by atoms with Gasteiger partial charge in [0.1, 0.15) is 23.5 Å². The van der Waals surface area contributed by atoms with Gasteiger partial charge in [0.15, 0.2) is 11.5 Å². The molecule has 9 nitrogen and oxygen atoms in total. The summed E-state index contributed by atoms with van der Waals surface area (Å²) >= 11 is 6.09. The Morgan fingerprint density at radius 3 is 2.63 bits per heavy atom. The number of hydrogen-bond acceptors (Lipinski definition) is 6. The number of benzene rings is 1. The second kappa shape index (κ2) is 10.5. The molecule has 5 heterocycles. The summed E-state index contributed by atoms with van der Waals surface area (Å²) in [6, 6.07) is 4.80. The van der Waals surface area contributed by atoms with Crippen LogP contribution in [0.5, 0.6) is 0 Å². The molecule has 6 rings (SSSR count). The Labute approximate surface area is 225 Å². The fraction of sp³-hybridized carbons (Fsp3) is 0.481. The van der Waals surface area contributed by atoms with E-state index in [9.17, 15) is 9.18 Å². The standard InChI is InChI=1S/C27H32ClFN8O/c1-2-37-23-24(33-27(37)38)30-17-31-26(23)35-11-7-18(8-12-35)25-32-22(19-5-6-21(29)20(28)15-19)16-36(25)14-13-34-9-3-4-10-34/h5-6,15-18H,2-4,7-14H2,1H3,(H,30,31,33,38). The quantitative estimate of drug-likeness (QED) is 0.378. The minimum atomic E-state index is -0.425. The number of piperidine rings is 1. The maximum atomic E-state index is 13.8. The Balaban J connectivity index is 1.26. The minimum Gasteiger partial charge on any atom is -0.355 e. The molecule has 4 aromatic rings. The summed E-state index contributed by atoms with van der Waals surface area (Å²) in [5.41, 5.74) is 2.82. The van der Waals surface area contributed by atoms with Gasteiger partial charge in [0.2, 0.25) is 0 Å². The third kappa shape index (κ3) is 4.71. The number of halogens is 2. The maximum Gasteiger partial charge on any atom is 0.327 e. The molecule has 11 heteroatoms. The topological polar surface area (TPSA) is 87.9 Å². The van der Waals surface area contributed by atoms with Gasteiger partial charge in [-0.05, 0) is 63.9 Å². The van der Waals surface area contributed by atoms with E-state index in [4.69, 9.17) is 16.6 Å². The van der Waals surface area contributed by atoms with Crippen LogP contribution in [0.3, 0.4) is 0 Å². The summed E-state index contributed by atoms with van der Waals surface area (Å²) in [6.07, 6.45) is 7.96. The highest BCUT2D eigenvalue weighted by Gasteiger charge is 2.28. The second-order valence-electron chi connectivity index (χ2n) is 10.2. The molecule has 0 saturated carbocycles. The van der Waals surface area contributed by atoms with Crippen molar-refractivity contribution in [3.63, 3.8) is 0 Å². The number of anilines is 1. The molecule has 200 valence electrons. The Morgan fingerprint density at radius 2 is 1.89 bits per heavy atom. The van der Waals surface area contributed by atoms with Crippen LogP contribution in [0, 0.1) is 5.82 Å². The van der Waals surface area contributed by atoms with Crippen molar-refractivity contribution in [2.75, 3.05) is 37.6 Å². The van der Waals surface area contributed by atoms with Crippen molar-refractivity contribution in [3.05, 3.63) is 57.9 Å². The van der Waals surface area contributed by atoms with Gasteiger partial charge in [-0.1, -0.05) is 11.6 Å². The number of rotatable bonds is 7. The largest absolute Gasteiger partial charge is 0.355 e. The van der Waals surface area contributed by atoms with Crippen LogP contribution in [0.4, 0.5) is 10.2 Å². The second-order valence-corrected chi connectivity index (χ2v) is 10.6.